The Labute approximate surface area is 179 Å². The van der Waals surface area contributed by atoms with E-state index in [1.807, 2.05) is 13.0 Å². The van der Waals surface area contributed by atoms with E-state index in [1.165, 1.54) is 6.07 Å². The molecule has 1 unspecified atom stereocenters. The van der Waals surface area contributed by atoms with Crippen LogP contribution in [0.3, 0.4) is 0 Å². The lowest BCUT2D eigenvalue weighted by atomic mass is 9.76. The van der Waals surface area contributed by atoms with Crippen LogP contribution in [-0.4, -0.2) is 21.8 Å². The minimum absolute atomic E-state index is 0.0418. The van der Waals surface area contributed by atoms with Crippen molar-refractivity contribution in [2.45, 2.75) is 51.2 Å². The standard InChI is InChI=1S/C24H26F3N3O/c1-14(28)15-5-7-16(8-6-15)22(31)12-17-9-10-29-23-20(17)13-21(30-23)18-3-2-4-19(11-18)24(25,26)27/h2-4,9-11,13-16H,5-8,12,28H2,1H3,(H,29,30). The number of carbonyl (C=O) groups is 1. The largest absolute Gasteiger partial charge is 0.416 e. The highest BCUT2D eigenvalue weighted by Crippen LogP contribution is 2.34. The maximum Gasteiger partial charge on any atom is 0.416 e. The van der Waals surface area contributed by atoms with Gasteiger partial charge in [0.25, 0.3) is 0 Å². The number of alkyl halides is 3. The van der Waals surface area contributed by atoms with E-state index in [0.717, 1.165) is 48.8 Å². The molecule has 1 saturated carbocycles. The number of rotatable bonds is 5. The van der Waals surface area contributed by atoms with E-state index in [1.54, 1.807) is 18.3 Å². The zero-order valence-electron chi connectivity index (χ0n) is 17.4. The van der Waals surface area contributed by atoms with E-state index < -0.39 is 11.7 Å². The first-order valence-electron chi connectivity index (χ1n) is 10.6. The Hall–Kier alpha value is -2.67. The Morgan fingerprint density at radius 3 is 2.61 bits per heavy atom. The molecule has 4 rings (SSSR count). The van der Waals surface area contributed by atoms with Crippen LogP contribution >= 0.6 is 0 Å². The number of nitrogens with one attached hydrogen (secondary N) is 1. The van der Waals surface area contributed by atoms with Gasteiger partial charge in [-0.25, -0.2) is 4.98 Å². The summed E-state index contributed by atoms with van der Waals surface area (Å²) in [5, 5.41) is 0.771. The van der Waals surface area contributed by atoms with Gasteiger partial charge in [0.2, 0.25) is 0 Å². The normalized spacial score (nSPS) is 20.7. The first kappa shape index (κ1) is 21.6. The average Bonchev–Trinajstić information content (AvgIpc) is 3.19. The van der Waals surface area contributed by atoms with Crippen LogP contribution < -0.4 is 5.73 Å². The van der Waals surface area contributed by atoms with Gasteiger partial charge in [-0.2, -0.15) is 13.2 Å². The van der Waals surface area contributed by atoms with Crippen molar-refractivity contribution in [3.63, 3.8) is 0 Å². The third-order valence-electron chi connectivity index (χ3n) is 6.46. The van der Waals surface area contributed by atoms with Crippen molar-refractivity contribution in [3.8, 4) is 11.3 Å². The molecule has 1 aliphatic carbocycles. The maximum absolute atomic E-state index is 13.1. The first-order valence-corrected chi connectivity index (χ1v) is 10.6. The van der Waals surface area contributed by atoms with Crippen LogP contribution in [0.2, 0.25) is 0 Å². The Morgan fingerprint density at radius 2 is 1.94 bits per heavy atom. The van der Waals surface area contributed by atoms with Crippen LogP contribution in [0, 0.1) is 11.8 Å². The van der Waals surface area contributed by atoms with Gasteiger partial charge in [-0.3, -0.25) is 4.79 Å². The van der Waals surface area contributed by atoms with Crippen LogP contribution in [0.1, 0.15) is 43.7 Å². The number of aromatic amines is 1. The minimum Gasteiger partial charge on any atom is -0.339 e. The molecule has 1 fully saturated rings. The van der Waals surface area contributed by atoms with Gasteiger partial charge in [-0.05, 0) is 73.9 Å². The van der Waals surface area contributed by atoms with Gasteiger partial charge in [0, 0.05) is 35.7 Å². The molecule has 0 bridgehead atoms. The number of Topliss-reactive ketones (excluding diaryl/α,β-unsaturated/α-hetero) is 1. The number of hydrogen-bond acceptors (Lipinski definition) is 3. The molecular weight excluding hydrogens is 403 g/mol. The van der Waals surface area contributed by atoms with Gasteiger partial charge in [0.05, 0.1) is 5.56 Å². The summed E-state index contributed by atoms with van der Waals surface area (Å²) < 4.78 is 39.2. The number of aromatic nitrogens is 2. The topological polar surface area (TPSA) is 71.8 Å². The number of fused-ring (bicyclic) bond motifs is 1. The Kier molecular flexibility index (Phi) is 5.88. The van der Waals surface area contributed by atoms with E-state index in [4.69, 9.17) is 5.73 Å². The number of H-pyrrole nitrogens is 1. The van der Waals surface area contributed by atoms with Gasteiger partial charge >= 0.3 is 6.18 Å². The summed E-state index contributed by atoms with van der Waals surface area (Å²) in [6.45, 7) is 2.02. The molecule has 0 aliphatic heterocycles. The zero-order valence-corrected chi connectivity index (χ0v) is 17.4. The second-order valence-electron chi connectivity index (χ2n) is 8.61. The Bertz CT molecular complexity index is 1080. The monoisotopic (exact) mass is 429 g/mol. The van der Waals surface area contributed by atoms with Gasteiger partial charge in [-0.15, -0.1) is 0 Å². The van der Waals surface area contributed by atoms with Gasteiger partial charge in [0.1, 0.15) is 11.4 Å². The molecule has 2 aromatic heterocycles. The third-order valence-corrected chi connectivity index (χ3v) is 6.46. The van der Waals surface area contributed by atoms with E-state index >= 15 is 0 Å². The summed E-state index contributed by atoms with van der Waals surface area (Å²) in [6, 6.07) is 8.94. The van der Waals surface area contributed by atoms with E-state index in [2.05, 4.69) is 9.97 Å². The van der Waals surface area contributed by atoms with Crippen LogP contribution in [0.4, 0.5) is 13.2 Å². The van der Waals surface area contributed by atoms with Crippen molar-refractivity contribution < 1.29 is 18.0 Å². The SMILES string of the molecule is CC(N)C1CCC(C(=O)Cc2ccnc3[nH]c(-c4cccc(C(F)(F)F)c4)cc23)CC1. The molecule has 1 atom stereocenters. The van der Waals surface area contributed by atoms with Crippen molar-refractivity contribution in [2.24, 2.45) is 17.6 Å². The number of ketones is 1. The highest BCUT2D eigenvalue weighted by molar-refractivity contribution is 5.91. The summed E-state index contributed by atoms with van der Waals surface area (Å²) >= 11 is 0. The van der Waals surface area contributed by atoms with Gasteiger partial charge < -0.3 is 10.7 Å². The molecule has 0 amide bonds. The molecule has 31 heavy (non-hydrogen) atoms. The molecule has 7 heteroatoms. The number of halogens is 3. The summed E-state index contributed by atoms with van der Waals surface area (Å²) in [6.07, 6.45) is 1.20. The van der Waals surface area contributed by atoms with Crippen LogP contribution in [0.15, 0.2) is 42.6 Å². The highest BCUT2D eigenvalue weighted by Gasteiger charge is 2.31. The summed E-state index contributed by atoms with van der Waals surface area (Å²) in [5.41, 5.74) is 7.69. The predicted molar refractivity (Wildman–Crippen MR) is 114 cm³/mol. The second kappa shape index (κ2) is 8.46. The van der Waals surface area contributed by atoms with E-state index in [0.29, 0.717) is 29.2 Å². The van der Waals surface area contributed by atoms with E-state index in [-0.39, 0.29) is 17.7 Å². The number of nitrogens with zero attached hydrogens (tertiary/aromatic N) is 1. The number of nitrogens with two attached hydrogens (primary N) is 1. The molecule has 3 N–H and O–H groups in total. The molecule has 2 heterocycles. The van der Waals surface area contributed by atoms with E-state index in [9.17, 15) is 18.0 Å². The number of benzene rings is 1. The molecule has 0 saturated heterocycles. The number of pyridine rings is 1. The molecule has 164 valence electrons. The molecular formula is C24H26F3N3O. The smallest absolute Gasteiger partial charge is 0.339 e. The van der Waals surface area contributed by atoms with Crippen LogP contribution in [0.5, 0.6) is 0 Å². The fraction of sp³-hybridized carbons (Fsp3) is 0.417. The lowest BCUT2D eigenvalue weighted by Crippen LogP contribution is -2.32. The van der Waals surface area contributed by atoms with Gasteiger partial charge in [-0.1, -0.05) is 12.1 Å². The Morgan fingerprint density at radius 1 is 1.19 bits per heavy atom. The average molecular weight is 429 g/mol. The lowest BCUT2D eigenvalue weighted by Gasteiger charge is -2.30. The zero-order chi connectivity index (χ0) is 22.2. The second-order valence-corrected chi connectivity index (χ2v) is 8.61. The Balaban J connectivity index is 1.56. The minimum atomic E-state index is -4.40. The molecule has 3 aromatic rings. The fourth-order valence-corrected chi connectivity index (χ4v) is 4.55. The first-order chi connectivity index (χ1) is 14.7. The molecule has 1 aromatic carbocycles. The summed E-state index contributed by atoms with van der Waals surface area (Å²) in [4.78, 5) is 20.3. The summed E-state index contributed by atoms with van der Waals surface area (Å²) in [7, 11) is 0. The predicted octanol–water partition coefficient (Wildman–Crippen LogP) is 5.51. The van der Waals surface area contributed by atoms with Crippen molar-refractivity contribution in [3.05, 3.63) is 53.7 Å². The molecule has 0 radical (unpaired) electrons. The van der Waals surface area contributed by atoms with Crippen molar-refractivity contribution in [1.29, 1.82) is 0 Å². The third kappa shape index (κ3) is 4.66. The molecule has 1 aliphatic rings. The van der Waals surface area contributed by atoms with Crippen LogP contribution in [-0.2, 0) is 17.4 Å². The molecule has 4 nitrogen and oxygen atoms in total. The van der Waals surface area contributed by atoms with Gasteiger partial charge in [0.15, 0.2) is 0 Å². The summed E-state index contributed by atoms with van der Waals surface area (Å²) in [5.74, 6) is 0.730. The highest BCUT2D eigenvalue weighted by atomic mass is 19.4. The number of hydrogen-bond donors (Lipinski definition) is 2. The van der Waals surface area contributed by atoms with Crippen LogP contribution in [0.25, 0.3) is 22.3 Å². The lowest BCUT2D eigenvalue weighted by molar-refractivity contribution is -0.137. The quantitative estimate of drug-likeness (QED) is 0.561. The maximum atomic E-state index is 13.1. The molecule has 0 spiro atoms. The van der Waals surface area contributed by atoms with Crippen molar-refractivity contribution >= 4 is 16.8 Å². The number of carbonyl (C=O) groups excluding carboxylic acids is 1. The van der Waals surface area contributed by atoms with Crippen molar-refractivity contribution in [2.75, 3.05) is 0 Å². The fourth-order valence-electron chi connectivity index (χ4n) is 4.55. The van der Waals surface area contributed by atoms with Crippen molar-refractivity contribution in [1.82, 2.24) is 9.97 Å².